The number of carbonyl (C=O) groups is 3. The Morgan fingerprint density at radius 2 is 1.84 bits per heavy atom. The van der Waals surface area contributed by atoms with Gasteiger partial charge < -0.3 is 15.4 Å². The fourth-order valence-electron chi connectivity index (χ4n) is 0.930. The molecule has 0 radical (unpaired) electrons. The molecule has 9 heteroatoms. The highest BCUT2D eigenvalue weighted by atomic mass is 79.9. The zero-order chi connectivity index (χ0) is 14.9. The van der Waals surface area contributed by atoms with E-state index in [0.717, 1.165) is 12.8 Å². The SMILES string of the molecule is BC(Br)(Br)C(=O)NCC(=O)NCC(=O)OCCCC. The fraction of sp³-hybridized carbons (Fsp3) is 0.700. The minimum atomic E-state index is -0.917. The minimum Gasteiger partial charge on any atom is -0.464 e. The number of carbonyl (C=O) groups excluding carboxylic acids is 3. The van der Waals surface area contributed by atoms with Crippen LogP contribution in [0.1, 0.15) is 19.8 Å². The van der Waals surface area contributed by atoms with Crippen molar-refractivity contribution in [1.29, 1.82) is 0 Å². The Hall–Kier alpha value is -0.565. The lowest BCUT2D eigenvalue weighted by molar-refractivity contribution is -0.144. The van der Waals surface area contributed by atoms with Gasteiger partial charge in [-0.1, -0.05) is 45.2 Å². The first-order valence-corrected chi connectivity index (χ1v) is 7.44. The maximum Gasteiger partial charge on any atom is 0.325 e. The van der Waals surface area contributed by atoms with Crippen LogP contribution >= 0.6 is 31.9 Å². The molecule has 0 bridgehead atoms. The van der Waals surface area contributed by atoms with Gasteiger partial charge in [0, 0.05) is 0 Å². The summed E-state index contributed by atoms with van der Waals surface area (Å²) in [5, 5.41) is 4.76. The van der Waals surface area contributed by atoms with Crippen LogP contribution in [0.5, 0.6) is 0 Å². The van der Waals surface area contributed by atoms with Gasteiger partial charge in [0.15, 0.2) is 0 Å². The van der Waals surface area contributed by atoms with Crippen LogP contribution in [0, 0.1) is 0 Å². The van der Waals surface area contributed by atoms with Crippen molar-refractivity contribution in [2.45, 2.75) is 22.9 Å². The van der Waals surface area contributed by atoms with Crippen molar-refractivity contribution in [3.8, 4) is 0 Å². The average molecular weight is 400 g/mol. The Morgan fingerprint density at radius 1 is 1.21 bits per heavy atom. The van der Waals surface area contributed by atoms with E-state index in [4.69, 9.17) is 4.74 Å². The van der Waals surface area contributed by atoms with Crippen LogP contribution in [0.3, 0.4) is 0 Å². The van der Waals surface area contributed by atoms with Crippen molar-refractivity contribution >= 4 is 57.5 Å². The molecular formula is C10H17BBr2N2O4. The van der Waals surface area contributed by atoms with E-state index in [0.29, 0.717) is 6.61 Å². The molecule has 0 aromatic heterocycles. The van der Waals surface area contributed by atoms with Gasteiger partial charge in [-0.05, 0) is 6.42 Å². The number of halogens is 2. The lowest BCUT2D eigenvalue weighted by atomic mass is 10.0. The Labute approximate surface area is 130 Å². The van der Waals surface area contributed by atoms with Crippen LogP contribution in [0.15, 0.2) is 0 Å². The second-order valence-electron chi connectivity index (χ2n) is 3.92. The maximum atomic E-state index is 11.4. The molecule has 0 unspecified atom stereocenters. The van der Waals surface area contributed by atoms with Crippen molar-refractivity contribution < 1.29 is 19.1 Å². The molecule has 2 amide bonds. The van der Waals surface area contributed by atoms with E-state index < -0.39 is 15.0 Å². The van der Waals surface area contributed by atoms with Gasteiger partial charge in [-0.2, -0.15) is 0 Å². The van der Waals surface area contributed by atoms with Gasteiger partial charge in [-0.25, -0.2) is 0 Å². The van der Waals surface area contributed by atoms with Gasteiger partial charge in [0.1, 0.15) is 17.5 Å². The molecule has 0 atom stereocenters. The molecular weight excluding hydrogens is 383 g/mol. The van der Waals surface area contributed by atoms with E-state index in [9.17, 15) is 14.4 Å². The molecule has 0 aromatic carbocycles. The summed E-state index contributed by atoms with van der Waals surface area (Å²) in [7, 11) is 1.59. The van der Waals surface area contributed by atoms with Gasteiger partial charge in [-0.15, -0.1) is 0 Å². The molecule has 0 aliphatic carbocycles. The molecule has 0 aliphatic heterocycles. The summed E-state index contributed by atoms with van der Waals surface area (Å²) in [6.45, 7) is 1.94. The molecule has 6 nitrogen and oxygen atoms in total. The van der Waals surface area contributed by atoms with Gasteiger partial charge in [0.05, 0.1) is 13.2 Å². The molecule has 0 heterocycles. The van der Waals surface area contributed by atoms with E-state index in [2.05, 4.69) is 42.5 Å². The molecule has 0 spiro atoms. The van der Waals surface area contributed by atoms with Crippen LogP contribution in [0.25, 0.3) is 0 Å². The summed E-state index contributed by atoms with van der Waals surface area (Å²) in [6.07, 6.45) is 1.73. The van der Waals surface area contributed by atoms with E-state index >= 15 is 0 Å². The first kappa shape index (κ1) is 18.4. The second kappa shape index (κ2) is 9.36. The fourth-order valence-corrected chi connectivity index (χ4v) is 1.21. The largest absolute Gasteiger partial charge is 0.464 e. The summed E-state index contributed by atoms with van der Waals surface area (Å²) in [5.41, 5.74) is 0. The van der Waals surface area contributed by atoms with Gasteiger partial charge in [0.2, 0.25) is 11.8 Å². The highest BCUT2D eigenvalue weighted by Gasteiger charge is 2.25. The molecule has 108 valence electrons. The molecule has 0 rings (SSSR count). The second-order valence-corrected chi connectivity index (χ2v) is 8.16. The van der Waals surface area contributed by atoms with Crippen LogP contribution in [-0.4, -0.2) is 48.5 Å². The number of esters is 1. The smallest absolute Gasteiger partial charge is 0.325 e. The molecule has 0 fully saturated rings. The number of amides is 2. The lowest BCUT2D eigenvalue weighted by Gasteiger charge is -2.13. The van der Waals surface area contributed by atoms with Crippen molar-refractivity contribution in [2.24, 2.45) is 0 Å². The summed E-state index contributed by atoms with van der Waals surface area (Å²) in [4.78, 5) is 33.9. The number of hydrogen-bond donors (Lipinski definition) is 2. The van der Waals surface area contributed by atoms with Crippen LogP contribution in [0.2, 0.25) is 0 Å². The minimum absolute atomic E-state index is 0.196. The van der Waals surface area contributed by atoms with Gasteiger partial charge >= 0.3 is 5.97 Å². The van der Waals surface area contributed by atoms with Crippen molar-refractivity contribution in [3.63, 3.8) is 0 Å². The Morgan fingerprint density at radius 3 is 2.37 bits per heavy atom. The Bertz CT molecular complexity index is 334. The topological polar surface area (TPSA) is 84.5 Å². The van der Waals surface area contributed by atoms with Crippen LogP contribution in [-0.2, 0) is 19.1 Å². The monoisotopic (exact) mass is 398 g/mol. The lowest BCUT2D eigenvalue weighted by Crippen LogP contribution is -2.44. The molecule has 0 aliphatic rings. The van der Waals surface area contributed by atoms with Crippen molar-refractivity contribution in [3.05, 3.63) is 0 Å². The third kappa shape index (κ3) is 9.95. The van der Waals surface area contributed by atoms with Crippen LogP contribution in [0.4, 0.5) is 0 Å². The number of rotatable bonds is 8. The number of nitrogens with one attached hydrogen (secondary N) is 2. The van der Waals surface area contributed by atoms with Gasteiger partial charge in [0.25, 0.3) is 0 Å². The molecule has 0 saturated carbocycles. The van der Waals surface area contributed by atoms with Crippen molar-refractivity contribution in [1.82, 2.24) is 10.6 Å². The average Bonchev–Trinajstić information content (AvgIpc) is 2.32. The highest BCUT2D eigenvalue weighted by Crippen LogP contribution is 2.20. The Kier molecular flexibility index (Phi) is 9.08. The number of unbranched alkanes of at least 4 members (excludes halogenated alkanes) is 1. The molecule has 0 aromatic rings. The predicted octanol–water partition coefficient (Wildman–Crippen LogP) is -0.361. The molecule has 0 saturated heterocycles. The summed E-state index contributed by atoms with van der Waals surface area (Å²) < 4.78 is 3.94. The first-order chi connectivity index (χ1) is 8.77. The van der Waals surface area contributed by atoms with E-state index in [-0.39, 0.29) is 19.0 Å². The third-order valence-electron chi connectivity index (χ3n) is 2.00. The predicted molar refractivity (Wildman–Crippen MR) is 81.0 cm³/mol. The zero-order valence-corrected chi connectivity index (χ0v) is 14.1. The Balaban J connectivity index is 3.76. The number of alkyl halides is 2. The summed E-state index contributed by atoms with van der Waals surface area (Å²) in [6, 6.07) is 0. The van der Waals surface area contributed by atoms with E-state index in [1.807, 2.05) is 6.92 Å². The number of hydrogen-bond acceptors (Lipinski definition) is 4. The normalized spacial score (nSPS) is 10.7. The molecule has 2 N–H and O–H groups in total. The standard InChI is InChI=1S/C10H17BBr2N2O4/c1-2-3-4-19-8(17)6-14-7(16)5-15-9(18)10(11,12)13/h2-6,11H2,1H3,(H,14,16)(H,15,18). The summed E-state index contributed by atoms with van der Waals surface area (Å²) >= 11 is 6.18. The van der Waals surface area contributed by atoms with Crippen molar-refractivity contribution in [2.75, 3.05) is 19.7 Å². The van der Waals surface area contributed by atoms with E-state index in [1.165, 1.54) is 0 Å². The third-order valence-corrected chi connectivity index (χ3v) is 2.72. The maximum absolute atomic E-state index is 11.4. The summed E-state index contributed by atoms with van der Waals surface area (Å²) in [5.74, 6) is -1.32. The quantitative estimate of drug-likeness (QED) is 0.253. The van der Waals surface area contributed by atoms with Gasteiger partial charge in [-0.3, -0.25) is 14.4 Å². The van der Waals surface area contributed by atoms with E-state index in [1.54, 1.807) is 7.85 Å². The zero-order valence-electron chi connectivity index (χ0n) is 10.9. The van der Waals surface area contributed by atoms with Crippen LogP contribution < -0.4 is 10.6 Å². The first-order valence-electron chi connectivity index (χ1n) is 5.85. The number of ether oxygens (including phenoxy) is 1. The molecule has 19 heavy (non-hydrogen) atoms. The highest BCUT2D eigenvalue weighted by molar-refractivity contribution is 9.26.